The van der Waals surface area contributed by atoms with Crippen molar-refractivity contribution in [3.05, 3.63) is 12.2 Å². The fraction of sp³-hybridized carbons (Fsp3) is 0.778. The average Bonchev–Trinajstić information content (AvgIpc) is 2.03. The van der Waals surface area contributed by atoms with Gasteiger partial charge in [-0.3, -0.25) is 0 Å². The minimum Gasteiger partial charge on any atom is -0.377 e. The second-order valence-corrected chi connectivity index (χ2v) is 5.93. The SMILES string of the molecule is C=C1CCC(S(C)(=O)=O)CC1OC. The van der Waals surface area contributed by atoms with E-state index in [4.69, 9.17) is 4.74 Å². The molecular weight excluding hydrogens is 188 g/mol. The van der Waals surface area contributed by atoms with Crippen molar-refractivity contribution in [2.45, 2.75) is 30.6 Å². The maximum Gasteiger partial charge on any atom is 0.150 e. The number of sulfone groups is 1. The first kappa shape index (κ1) is 10.7. The highest BCUT2D eigenvalue weighted by Gasteiger charge is 2.30. The molecule has 0 aromatic carbocycles. The van der Waals surface area contributed by atoms with Gasteiger partial charge >= 0.3 is 0 Å². The fourth-order valence-corrected chi connectivity index (χ4v) is 2.75. The van der Waals surface area contributed by atoms with E-state index >= 15 is 0 Å². The van der Waals surface area contributed by atoms with Crippen LogP contribution in [0.25, 0.3) is 0 Å². The van der Waals surface area contributed by atoms with E-state index in [0.29, 0.717) is 12.8 Å². The van der Waals surface area contributed by atoms with Gasteiger partial charge in [-0.25, -0.2) is 8.42 Å². The summed E-state index contributed by atoms with van der Waals surface area (Å²) in [5.41, 5.74) is 1.02. The Morgan fingerprint density at radius 2 is 2.15 bits per heavy atom. The summed E-state index contributed by atoms with van der Waals surface area (Å²) in [5, 5.41) is -0.247. The number of rotatable bonds is 2. The second-order valence-electron chi connectivity index (χ2n) is 3.61. The van der Waals surface area contributed by atoms with Crippen molar-refractivity contribution in [1.29, 1.82) is 0 Å². The summed E-state index contributed by atoms with van der Waals surface area (Å²) in [5.74, 6) is 0. The normalized spacial score (nSPS) is 30.5. The summed E-state index contributed by atoms with van der Waals surface area (Å²) in [7, 11) is -1.32. The Kier molecular flexibility index (Phi) is 3.14. The Balaban J connectivity index is 2.71. The molecule has 0 spiro atoms. The molecule has 76 valence electrons. The Morgan fingerprint density at radius 1 is 1.54 bits per heavy atom. The molecule has 0 radical (unpaired) electrons. The molecular formula is C9H16O3S. The van der Waals surface area contributed by atoms with Gasteiger partial charge in [0, 0.05) is 13.4 Å². The van der Waals surface area contributed by atoms with Crippen LogP contribution in [0.15, 0.2) is 12.2 Å². The highest BCUT2D eigenvalue weighted by molar-refractivity contribution is 7.91. The molecule has 2 unspecified atom stereocenters. The molecule has 2 atom stereocenters. The lowest BCUT2D eigenvalue weighted by molar-refractivity contribution is 0.111. The first-order valence-electron chi connectivity index (χ1n) is 4.34. The number of ether oxygens (including phenoxy) is 1. The minimum atomic E-state index is -2.91. The van der Waals surface area contributed by atoms with Crippen LogP contribution < -0.4 is 0 Å². The van der Waals surface area contributed by atoms with Crippen LogP contribution in [-0.4, -0.2) is 33.1 Å². The third-order valence-corrected chi connectivity index (χ3v) is 4.25. The first-order valence-corrected chi connectivity index (χ1v) is 6.30. The van der Waals surface area contributed by atoms with Crippen LogP contribution >= 0.6 is 0 Å². The average molecular weight is 204 g/mol. The topological polar surface area (TPSA) is 43.4 Å². The van der Waals surface area contributed by atoms with Gasteiger partial charge in [0.25, 0.3) is 0 Å². The number of methoxy groups -OCH3 is 1. The fourth-order valence-electron chi connectivity index (χ4n) is 1.68. The molecule has 0 N–H and O–H groups in total. The Bertz CT molecular complexity index is 292. The lowest BCUT2D eigenvalue weighted by Crippen LogP contribution is -2.32. The predicted molar refractivity (Wildman–Crippen MR) is 52.4 cm³/mol. The van der Waals surface area contributed by atoms with Gasteiger partial charge in [-0.1, -0.05) is 6.58 Å². The Hall–Kier alpha value is -0.350. The van der Waals surface area contributed by atoms with E-state index in [2.05, 4.69) is 6.58 Å². The van der Waals surface area contributed by atoms with E-state index in [9.17, 15) is 8.42 Å². The summed E-state index contributed by atoms with van der Waals surface area (Å²) in [6.45, 7) is 3.86. The summed E-state index contributed by atoms with van der Waals surface area (Å²) in [6.07, 6.45) is 3.23. The van der Waals surface area contributed by atoms with E-state index < -0.39 is 9.84 Å². The van der Waals surface area contributed by atoms with Crippen molar-refractivity contribution < 1.29 is 13.2 Å². The van der Waals surface area contributed by atoms with Gasteiger partial charge in [0.1, 0.15) is 9.84 Å². The molecule has 0 saturated heterocycles. The van der Waals surface area contributed by atoms with Crippen LogP contribution in [-0.2, 0) is 14.6 Å². The van der Waals surface area contributed by atoms with E-state index in [-0.39, 0.29) is 11.4 Å². The van der Waals surface area contributed by atoms with Crippen LogP contribution in [0.5, 0.6) is 0 Å². The molecule has 0 aromatic rings. The summed E-state index contributed by atoms with van der Waals surface area (Å²) >= 11 is 0. The molecule has 1 aliphatic rings. The number of hydrogen-bond donors (Lipinski definition) is 0. The lowest BCUT2D eigenvalue weighted by Gasteiger charge is -2.28. The van der Waals surface area contributed by atoms with Crippen molar-refractivity contribution in [3.8, 4) is 0 Å². The number of hydrogen-bond acceptors (Lipinski definition) is 3. The molecule has 3 nitrogen and oxygen atoms in total. The third-order valence-electron chi connectivity index (χ3n) is 2.61. The maximum absolute atomic E-state index is 11.3. The lowest BCUT2D eigenvalue weighted by atomic mass is 9.93. The van der Waals surface area contributed by atoms with Gasteiger partial charge < -0.3 is 4.74 Å². The molecule has 0 heterocycles. The predicted octanol–water partition coefficient (Wildman–Crippen LogP) is 1.15. The standard InChI is InChI=1S/C9H16O3S/c1-7-4-5-8(13(3,10)11)6-9(7)12-2/h8-9H,1,4-6H2,2-3H3. The smallest absolute Gasteiger partial charge is 0.150 e. The van der Waals surface area contributed by atoms with Gasteiger partial charge in [0.05, 0.1) is 11.4 Å². The van der Waals surface area contributed by atoms with Crippen molar-refractivity contribution in [2.24, 2.45) is 0 Å². The molecule has 0 bridgehead atoms. The van der Waals surface area contributed by atoms with Gasteiger partial charge in [0.15, 0.2) is 0 Å². The molecule has 1 aliphatic carbocycles. The molecule has 4 heteroatoms. The zero-order valence-corrected chi connectivity index (χ0v) is 8.93. The van der Waals surface area contributed by atoms with Gasteiger partial charge in [-0.2, -0.15) is 0 Å². The van der Waals surface area contributed by atoms with Crippen molar-refractivity contribution in [2.75, 3.05) is 13.4 Å². The van der Waals surface area contributed by atoms with E-state index in [0.717, 1.165) is 12.0 Å². The zero-order chi connectivity index (χ0) is 10.1. The molecule has 13 heavy (non-hydrogen) atoms. The maximum atomic E-state index is 11.3. The van der Waals surface area contributed by atoms with Gasteiger partial charge in [0.2, 0.25) is 0 Å². The second kappa shape index (κ2) is 3.80. The van der Waals surface area contributed by atoms with Crippen LogP contribution in [0, 0.1) is 0 Å². The Morgan fingerprint density at radius 3 is 2.62 bits per heavy atom. The van der Waals surface area contributed by atoms with E-state index in [1.54, 1.807) is 7.11 Å². The third kappa shape index (κ3) is 2.54. The molecule has 0 aliphatic heterocycles. The first-order chi connectivity index (χ1) is 5.95. The molecule has 0 amide bonds. The van der Waals surface area contributed by atoms with Crippen molar-refractivity contribution in [3.63, 3.8) is 0 Å². The van der Waals surface area contributed by atoms with E-state index in [1.807, 2.05) is 0 Å². The summed E-state index contributed by atoms with van der Waals surface area (Å²) in [6, 6.07) is 0. The molecule has 1 rings (SSSR count). The summed E-state index contributed by atoms with van der Waals surface area (Å²) < 4.78 is 27.7. The van der Waals surface area contributed by atoms with Crippen LogP contribution in [0.4, 0.5) is 0 Å². The zero-order valence-electron chi connectivity index (χ0n) is 8.12. The Labute approximate surface area is 79.7 Å². The highest BCUT2D eigenvalue weighted by Crippen LogP contribution is 2.28. The van der Waals surface area contributed by atoms with Crippen LogP contribution in [0.2, 0.25) is 0 Å². The molecule has 1 fully saturated rings. The summed E-state index contributed by atoms with van der Waals surface area (Å²) in [4.78, 5) is 0. The van der Waals surface area contributed by atoms with E-state index in [1.165, 1.54) is 6.26 Å². The largest absolute Gasteiger partial charge is 0.377 e. The molecule has 1 saturated carbocycles. The van der Waals surface area contributed by atoms with Crippen LogP contribution in [0.1, 0.15) is 19.3 Å². The molecule has 0 aromatic heterocycles. The quantitative estimate of drug-likeness (QED) is 0.634. The van der Waals surface area contributed by atoms with Crippen molar-refractivity contribution >= 4 is 9.84 Å². The minimum absolute atomic E-state index is 0.0755. The van der Waals surface area contributed by atoms with Crippen molar-refractivity contribution in [1.82, 2.24) is 0 Å². The monoisotopic (exact) mass is 204 g/mol. The van der Waals surface area contributed by atoms with Gasteiger partial charge in [-0.05, 0) is 24.8 Å². The van der Waals surface area contributed by atoms with Gasteiger partial charge in [-0.15, -0.1) is 0 Å². The van der Waals surface area contributed by atoms with Crippen LogP contribution in [0.3, 0.4) is 0 Å². The highest BCUT2D eigenvalue weighted by atomic mass is 32.2.